The molecule has 0 amide bonds. The van der Waals surface area contributed by atoms with Gasteiger partial charge in [0.05, 0.1) is 11.3 Å². The molecular weight excluding hydrogens is 306 g/mol. The van der Waals surface area contributed by atoms with Crippen molar-refractivity contribution in [1.82, 2.24) is 0 Å². The Labute approximate surface area is 141 Å². The van der Waals surface area contributed by atoms with E-state index >= 15 is 0 Å². The van der Waals surface area contributed by atoms with Crippen molar-refractivity contribution >= 4 is 11.7 Å². The van der Waals surface area contributed by atoms with Crippen LogP contribution >= 0.6 is 0 Å². The Hall–Kier alpha value is -1.91. The second kappa shape index (κ2) is 5.57. The van der Waals surface area contributed by atoms with E-state index in [1.165, 1.54) is 56.7 Å². The molecule has 0 radical (unpaired) electrons. The molecule has 24 heavy (non-hydrogen) atoms. The van der Waals surface area contributed by atoms with Gasteiger partial charge in [-0.3, -0.25) is 14.9 Å². The van der Waals surface area contributed by atoms with Gasteiger partial charge in [-0.05, 0) is 80.2 Å². The monoisotopic (exact) mass is 329 g/mol. The lowest BCUT2D eigenvalue weighted by Crippen LogP contribution is -2.47. The Balaban J connectivity index is 1.45. The number of benzene rings is 1. The molecule has 5 heteroatoms. The number of aryl methyl sites for hydroxylation is 1. The molecule has 0 N–H and O–H groups in total. The van der Waals surface area contributed by atoms with Crippen molar-refractivity contribution in [3.05, 3.63) is 33.9 Å². The van der Waals surface area contributed by atoms with Gasteiger partial charge in [0.1, 0.15) is 5.75 Å². The lowest BCUT2D eigenvalue weighted by atomic mass is 9.49. The number of carbonyl (C=O) groups is 1. The van der Waals surface area contributed by atoms with Crippen LogP contribution in [0.2, 0.25) is 0 Å². The predicted octanol–water partition coefficient (Wildman–Crippen LogP) is 4.42. The average molecular weight is 329 g/mol. The summed E-state index contributed by atoms with van der Waals surface area (Å²) in [7, 11) is 0. The zero-order chi connectivity index (χ0) is 16.9. The molecule has 4 aliphatic rings. The van der Waals surface area contributed by atoms with Crippen molar-refractivity contribution in [2.75, 3.05) is 0 Å². The maximum absolute atomic E-state index is 12.5. The van der Waals surface area contributed by atoms with Gasteiger partial charge in [0.15, 0.2) is 0 Å². The fourth-order valence-corrected chi connectivity index (χ4v) is 5.83. The average Bonchev–Trinajstić information content (AvgIpc) is 2.47. The zero-order valence-electron chi connectivity index (χ0n) is 14.0. The molecule has 1 aromatic rings. The Morgan fingerprint density at radius 1 is 1.21 bits per heavy atom. The number of nitrogens with zero attached hydrogens (tertiary/aromatic N) is 1. The van der Waals surface area contributed by atoms with Crippen LogP contribution in [0.3, 0.4) is 0 Å². The molecule has 4 fully saturated rings. The fourth-order valence-electron chi connectivity index (χ4n) is 5.83. The fraction of sp³-hybridized carbons (Fsp3) is 0.632. The molecule has 1 aromatic carbocycles. The molecule has 0 unspecified atom stereocenters. The summed E-state index contributed by atoms with van der Waals surface area (Å²) in [6, 6.07) is 4.37. The third kappa shape index (κ3) is 2.80. The van der Waals surface area contributed by atoms with Crippen LogP contribution in [0.5, 0.6) is 5.75 Å². The number of ether oxygens (including phenoxy) is 1. The van der Waals surface area contributed by atoms with Crippen molar-refractivity contribution in [2.45, 2.75) is 51.9 Å². The summed E-state index contributed by atoms with van der Waals surface area (Å²) in [6.45, 7) is 1.74. The molecule has 0 aliphatic heterocycles. The molecule has 0 spiro atoms. The summed E-state index contributed by atoms with van der Waals surface area (Å²) >= 11 is 0. The molecule has 128 valence electrons. The second-order valence-corrected chi connectivity index (χ2v) is 8.28. The van der Waals surface area contributed by atoms with E-state index in [2.05, 4.69) is 0 Å². The van der Waals surface area contributed by atoms with Crippen LogP contribution in [0, 0.1) is 40.2 Å². The molecule has 0 heterocycles. The lowest BCUT2D eigenvalue weighted by molar-refractivity contribution is -0.384. The zero-order valence-corrected chi connectivity index (χ0v) is 14.0. The first-order chi connectivity index (χ1) is 11.4. The predicted molar refractivity (Wildman–Crippen MR) is 88.7 cm³/mol. The standard InChI is InChI=1S/C19H23NO4/c1-12-4-16(20(22)23)2-3-17(12)24-18(21)11-19-8-13-5-14(9-19)7-15(6-13)10-19/h2-4,13-15H,5-11H2,1H3. The Kier molecular flexibility index (Phi) is 3.62. The minimum atomic E-state index is -0.436. The van der Waals surface area contributed by atoms with E-state index < -0.39 is 4.92 Å². The Bertz CT molecular complexity index is 661. The van der Waals surface area contributed by atoms with Gasteiger partial charge in [-0.1, -0.05) is 0 Å². The number of carbonyl (C=O) groups excluding carboxylic acids is 1. The van der Waals surface area contributed by atoms with Crippen LogP contribution in [-0.4, -0.2) is 10.9 Å². The highest BCUT2D eigenvalue weighted by Gasteiger charge is 2.51. The summed E-state index contributed by atoms with van der Waals surface area (Å²) < 4.78 is 5.56. The van der Waals surface area contributed by atoms with Gasteiger partial charge in [0, 0.05) is 12.1 Å². The molecule has 5 nitrogen and oxygen atoms in total. The molecular formula is C19H23NO4. The van der Waals surface area contributed by atoms with Crippen LogP contribution in [-0.2, 0) is 4.79 Å². The smallest absolute Gasteiger partial charge is 0.311 e. The highest BCUT2D eigenvalue weighted by molar-refractivity contribution is 5.74. The van der Waals surface area contributed by atoms with Gasteiger partial charge in [0.2, 0.25) is 0 Å². The number of non-ortho nitro benzene ring substituents is 1. The number of nitro benzene ring substituents is 1. The van der Waals surface area contributed by atoms with Crippen molar-refractivity contribution in [3.63, 3.8) is 0 Å². The van der Waals surface area contributed by atoms with Gasteiger partial charge in [-0.2, -0.15) is 0 Å². The molecule has 0 aromatic heterocycles. The highest BCUT2D eigenvalue weighted by atomic mass is 16.6. The maximum atomic E-state index is 12.5. The van der Waals surface area contributed by atoms with Crippen LogP contribution in [0.15, 0.2) is 18.2 Å². The van der Waals surface area contributed by atoms with Crippen molar-refractivity contribution in [2.24, 2.45) is 23.2 Å². The first kappa shape index (κ1) is 15.6. The molecule has 4 aliphatic carbocycles. The largest absolute Gasteiger partial charge is 0.426 e. The lowest BCUT2D eigenvalue weighted by Gasteiger charge is -2.56. The second-order valence-electron chi connectivity index (χ2n) is 8.28. The minimum absolute atomic E-state index is 0.0217. The summed E-state index contributed by atoms with van der Waals surface area (Å²) in [5.74, 6) is 2.68. The summed E-state index contributed by atoms with van der Waals surface area (Å²) in [4.78, 5) is 22.9. The van der Waals surface area contributed by atoms with Gasteiger partial charge in [-0.15, -0.1) is 0 Å². The normalized spacial score (nSPS) is 33.5. The Morgan fingerprint density at radius 3 is 2.29 bits per heavy atom. The number of nitro groups is 1. The first-order valence-electron chi connectivity index (χ1n) is 8.88. The Morgan fingerprint density at radius 2 is 1.79 bits per heavy atom. The maximum Gasteiger partial charge on any atom is 0.311 e. The third-order valence-corrected chi connectivity index (χ3v) is 6.28. The minimum Gasteiger partial charge on any atom is -0.426 e. The summed E-state index contributed by atoms with van der Waals surface area (Å²) in [5, 5.41) is 10.8. The SMILES string of the molecule is Cc1cc([N+](=O)[O-])ccc1OC(=O)CC12CC3CC(CC(C3)C1)C2. The number of hydrogen-bond acceptors (Lipinski definition) is 4. The van der Waals surface area contributed by atoms with E-state index in [-0.39, 0.29) is 17.1 Å². The van der Waals surface area contributed by atoms with E-state index in [0.29, 0.717) is 17.7 Å². The van der Waals surface area contributed by atoms with Gasteiger partial charge < -0.3 is 4.74 Å². The van der Waals surface area contributed by atoms with Gasteiger partial charge in [0.25, 0.3) is 5.69 Å². The van der Waals surface area contributed by atoms with E-state index in [0.717, 1.165) is 17.8 Å². The number of esters is 1. The third-order valence-electron chi connectivity index (χ3n) is 6.28. The van der Waals surface area contributed by atoms with Crippen molar-refractivity contribution < 1.29 is 14.5 Å². The van der Waals surface area contributed by atoms with Gasteiger partial charge >= 0.3 is 5.97 Å². The number of rotatable bonds is 4. The first-order valence-corrected chi connectivity index (χ1v) is 8.88. The number of hydrogen-bond donors (Lipinski definition) is 0. The summed E-state index contributed by atoms with van der Waals surface area (Å²) in [5.41, 5.74) is 0.803. The molecule has 4 saturated carbocycles. The van der Waals surface area contributed by atoms with Gasteiger partial charge in [-0.25, -0.2) is 0 Å². The van der Waals surface area contributed by atoms with E-state index in [9.17, 15) is 14.9 Å². The van der Waals surface area contributed by atoms with Crippen LogP contribution in [0.4, 0.5) is 5.69 Å². The topological polar surface area (TPSA) is 69.4 Å². The van der Waals surface area contributed by atoms with E-state index in [1.807, 2.05) is 0 Å². The summed E-state index contributed by atoms with van der Waals surface area (Å²) in [6.07, 6.45) is 8.09. The molecule has 0 saturated heterocycles. The van der Waals surface area contributed by atoms with Crippen LogP contribution < -0.4 is 4.74 Å². The van der Waals surface area contributed by atoms with Crippen LogP contribution in [0.25, 0.3) is 0 Å². The van der Waals surface area contributed by atoms with Crippen LogP contribution in [0.1, 0.15) is 50.5 Å². The van der Waals surface area contributed by atoms with E-state index in [4.69, 9.17) is 4.74 Å². The van der Waals surface area contributed by atoms with Crippen molar-refractivity contribution in [3.8, 4) is 5.75 Å². The molecule has 4 bridgehead atoms. The highest BCUT2D eigenvalue weighted by Crippen LogP contribution is 2.61. The molecule has 5 rings (SSSR count). The van der Waals surface area contributed by atoms with Crippen molar-refractivity contribution in [1.29, 1.82) is 0 Å². The molecule has 0 atom stereocenters. The quantitative estimate of drug-likeness (QED) is 0.355. The van der Waals surface area contributed by atoms with E-state index in [1.54, 1.807) is 6.92 Å².